The van der Waals surface area contributed by atoms with Gasteiger partial charge in [0, 0.05) is 7.11 Å². The lowest BCUT2D eigenvalue weighted by molar-refractivity contribution is -0.170. The van der Waals surface area contributed by atoms with Crippen LogP contribution in [0.25, 0.3) is 0 Å². The van der Waals surface area contributed by atoms with Crippen LogP contribution in [-0.2, 0) is 10.3 Å². The van der Waals surface area contributed by atoms with Gasteiger partial charge in [0.1, 0.15) is 17.1 Å². The molecule has 2 N–H and O–H groups in total. The minimum absolute atomic E-state index is 0.00787. The Hall–Kier alpha value is -2.37. The van der Waals surface area contributed by atoms with Crippen LogP contribution >= 0.6 is 0 Å². The number of benzene rings is 2. The van der Waals surface area contributed by atoms with E-state index in [1.807, 2.05) is 0 Å². The maximum Gasteiger partial charge on any atom is 0.238 e. The Morgan fingerprint density at radius 3 is 2.52 bits per heavy atom. The largest absolute Gasteiger partial charge is 0.507 e. The summed E-state index contributed by atoms with van der Waals surface area (Å²) in [7, 11) is 1.32. The quantitative estimate of drug-likeness (QED) is 0.880. The van der Waals surface area contributed by atoms with E-state index in [1.54, 1.807) is 30.3 Å². The molecule has 2 atom stereocenters. The van der Waals surface area contributed by atoms with Crippen LogP contribution in [-0.4, -0.2) is 29.4 Å². The number of hydrogen-bond acceptors (Lipinski definition) is 5. The molecule has 5 nitrogen and oxygen atoms in total. The van der Waals surface area contributed by atoms with Gasteiger partial charge in [0.05, 0.1) is 0 Å². The van der Waals surface area contributed by atoms with Crippen molar-refractivity contribution in [1.29, 1.82) is 0 Å². The molecular formula is C16H14O5. The van der Waals surface area contributed by atoms with Crippen LogP contribution in [0, 0.1) is 0 Å². The zero-order chi connectivity index (χ0) is 15.0. The van der Waals surface area contributed by atoms with E-state index < -0.39 is 17.7 Å². The van der Waals surface area contributed by atoms with E-state index in [-0.39, 0.29) is 17.1 Å². The van der Waals surface area contributed by atoms with Crippen LogP contribution in [0.2, 0.25) is 0 Å². The van der Waals surface area contributed by atoms with Crippen molar-refractivity contribution in [3.63, 3.8) is 0 Å². The van der Waals surface area contributed by atoms with E-state index in [4.69, 9.17) is 9.47 Å². The van der Waals surface area contributed by atoms with Gasteiger partial charge in [0.15, 0.2) is 0 Å². The third-order valence-electron chi connectivity index (χ3n) is 3.68. The minimum Gasteiger partial charge on any atom is -0.507 e. The summed E-state index contributed by atoms with van der Waals surface area (Å²) >= 11 is 0. The second-order valence-corrected chi connectivity index (χ2v) is 4.76. The summed E-state index contributed by atoms with van der Waals surface area (Å²) in [5, 5.41) is 20.3. The van der Waals surface area contributed by atoms with Gasteiger partial charge in [0.25, 0.3) is 0 Å². The lowest BCUT2D eigenvalue weighted by Crippen LogP contribution is -2.53. The highest BCUT2D eigenvalue weighted by Gasteiger charge is 2.54. The lowest BCUT2D eigenvalue weighted by Gasteiger charge is -2.39. The standard InChI is InChI=1S/C16H14O5/c1-20-16(10-6-3-2-4-7-10)14(18)13-11(17)8-5-9-12(13)21-15(16)19/h2-9,15,17,19H,1H3. The van der Waals surface area contributed by atoms with Gasteiger partial charge >= 0.3 is 0 Å². The average Bonchev–Trinajstić information content (AvgIpc) is 2.49. The third kappa shape index (κ3) is 1.82. The first-order valence-electron chi connectivity index (χ1n) is 6.43. The van der Waals surface area contributed by atoms with Gasteiger partial charge in [-0.15, -0.1) is 0 Å². The van der Waals surface area contributed by atoms with Gasteiger partial charge in [-0.25, -0.2) is 0 Å². The fourth-order valence-electron chi connectivity index (χ4n) is 2.62. The van der Waals surface area contributed by atoms with E-state index in [9.17, 15) is 15.0 Å². The van der Waals surface area contributed by atoms with Gasteiger partial charge in [-0.2, -0.15) is 0 Å². The first-order valence-corrected chi connectivity index (χ1v) is 6.43. The number of aliphatic hydroxyl groups excluding tert-OH is 1. The molecule has 108 valence electrons. The molecule has 3 rings (SSSR count). The van der Waals surface area contributed by atoms with Crippen molar-refractivity contribution in [2.75, 3.05) is 7.11 Å². The highest BCUT2D eigenvalue weighted by Crippen LogP contribution is 2.43. The number of aromatic hydroxyl groups is 1. The number of hydrogen-bond donors (Lipinski definition) is 2. The van der Waals surface area contributed by atoms with Crippen molar-refractivity contribution in [3.05, 3.63) is 59.7 Å². The van der Waals surface area contributed by atoms with Crippen molar-refractivity contribution in [2.24, 2.45) is 0 Å². The number of phenols is 1. The Morgan fingerprint density at radius 1 is 1.14 bits per heavy atom. The van der Waals surface area contributed by atoms with E-state index in [0.29, 0.717) is 5.56 Å². The van der Waals surface area contributed by atoms with Gasteiger partial charge in [0.2, 0.25) is 17.7 Å². The number of ketones is 1. The third-order valence-corrected chi connectivity index (χ3v) is 3.68. The second-order valence-electron chi connectivity index (χ2n) is 4.76. The molecule has 0 radical (unpaired) electrons. The first kappa shape index (κ1) is 13.6. The van der Waals surface area contributed by atoms with E-state index in [2.05, 4.69) is 0 Å². The van der Waals surface area contributed by atoms with E-state index in [1.165, 1.54) is 25.3 Å². The van der Waals surface area contributed by atoms with Crippen molar-refractivity contribution < 1.29 is 24.5 Å². The highest BCUT2D eigenvalue weighted by atomic mass is 16.6. The zero-order valence-electron chi connectivity index (χ0n) is 11.3. The van der Waals surface area contributed by atoms with Crippen molar-refractivity contribution in [3.8, 4) is 11.5 Å². The van der Waals surface area contributed by atoms with Crippen LogP contribution in [0.15, 0.2) is 48.5 Å². The SMILES string of the molecule is COC1(c2ccccc2)C(=O)c2c(O)cccc2OC1O. The highest BCUT2D eigenvalue weighted by molar-refractivity contribution is 6.08. The molecule has 0 spiro atoms. The number of aliphatic hydroxyl groups is 1. The molecule has 1 aliphatic heterocycles. The molecule has 0 amide bonds. The van der Waals surface area contributed by atoms with Gasteiger partial charge in [-0.05, 0) is 17.7 Å². The fourth-order valence-corrected chi connectivity index (χ4v) is 2.62. The van der Waals surface area contributed by atoms with Crippen molar-refractivity contribution in [2.45, 2.75) is 11.9 Å². The summed E-state index contributed by atoms with van der Waals surface area (Å²) < 4.78 is 10.8. The normalized spacial score (nSPS) is 24.3. The summed E-state index contributed by atoms with van der Waals surface area (Å²) in [4.78, 5) is 12.9. The van der Waals surface area contributed by atoms with E-state index >= 15 is 0 Å². The number of ether oxygens (including phenoxy) is 2. The number of fused-ring (bicyclic) bond motifs is 1. The van der Waals surface area contributed by atoms with Gasteiger partial charge in [-0.1, -0.05) is 36.4 Å². The fraction of sp³-hybridized carbons (Fsp3) is 0.188. The molecule has 0 aromatic heterocycles. The number of phenolic OH excluding ortho intramolecular Hbond substituents is 1. The summed E-state index contributed by atoms with van der Waals surface area (Å²) in [5.41, 5.74) is -1.24. The maximum atomic E-state index is 12.9. The average molecular weight is 286 g/mol. The topological polar surface area (TPSA) is 76.0 Å². The summed E-state index contributed by atoms with van der Waals surface area (Å²) in [6.45, 7) is 0. The molecule has 2 unspecified atom stereocenters. The Balaban J connectivity index is 2.24. The number of carbonyl (C=O) groups excluding carboxylic acids is 1. The molecular weight excluding hydrogens is 272 g/mol. The van der Waals surface area contributed by atoms with Crippen LogP contribution in [0.4, 0.5) is 0 Å². The number of methoxy groups -OCH3 is 1. The molecule has 0 saturated heterocycles. The molecule has 2 aromatic carbocycles. The van der Waals surface area contributed by atoms with Gasteiger partial charge < -0.3 is 19.7 Å². The number of carbonyl (C=O) groups is 1. The molecule has 5 heteroatoms. The molecule has 0 bridgehead atoms. The van der Waals surface area contributed by atoms with Crippen LogP contribution in [0.1, 0.15) is 15.9 Å². The Bertz CT molecular complexity index is 682. The predicted molar refractivity (Wildman–Crippen MR) is 74.2 cm³/mol. The van der Waals surface area contributed by atoms with Crippen molar-refractivity contribution >= 4 is 5.78 Å². The molecule has 2 aromatic rings. The second kappa shape index (κ2) is 4.87. The Labute approximate surface area is 121 Å². The van der Waals surface area contributed by atoms with E-state index in [0.717, 1.165) is 0 Å². The molecule has 0 saturated carbocycles. The van der Waals surface area contributed by atoms with Gasteiger partial charge in [-0.3, -0.25) is 4.79 Å². The smallest absolute Gasteiger partial charge is 0.238 e. The zero-order valence-corrected chi connectivity index (χ0v) is 11.3. The summed E-state index contributed by atoms with van der Waals surface area (Å²) in [6.07, 6.45) is -1.51. The van der Waals surface area contributed by atoms with Crippen LogP contribution in [0.3, 0.4) is 0 Å². The minimum atomic E-state index is -1.70. The Kier molecular flexibility index (Phi) is 3.16. The molecule has 0 fully saturated rings. The first-order chi connectivity index (χ1) is 10.1. The van der Waals surface area contributed by atoms with Crippen LogP contribution < -0.4 is 4.74 Å². The lowest BCUT2D eigenvalue weighted by atomic mass is 9.82. The molecule has 21 heavy (non-hydrogen) atoms. The summed E-state index contributed by atoms with van der Waals surface area (Å²) in [6, 6.07) is 13.0. The molecule has 1 heterocycles. The molecule has 0 aliphatic carbocycles. The summed E-state index contributed by atoms with van der Waals surface area (Å²) in [5.74, 6) is -0.610. The Morgan fingerprint density at radius 2 is 1.86 bits per heavy atom. The number of rotatable bonds is 2. The monoisotopic (exact) mass is 286 g/mol. The maximum absolute atomic E-state index is 12.9. The van der Waals surface area contributed by atoms with Crippen LogP contribution in [0.5, 0.6) is 11.5 Å². The predicted octanol–water partition coefficient (Wildman–Crippen LogP) is 1.83. The van der Waals surface area contributed by atoms with Crippen molar-refractivity contribution in [1.82, 2.24) is 0 Å². The molecule has 1 aliphatic rings. The number of Topliss-reactive ketones (excluding diaryl/α,β-unsaturated/α-hetero) is 1.